The van der Waals surface area contributed by atoms with Crippen LogP contribution in [0.5, 0.6) is 0 Å². The molecule has 0 bridgehead atoms. The summed E-state index contributed by atoms with van der Waals surface area (Å²) in [4.78, 5) is 11.5. The first-order chi connectivity index (χ1) is 6.63. The van der Waals surface area contributed by atoms with Crippen LogP contribution in [0.4, 0.5) is 0 Å². The summed E-state index contributed by atoms with van der Waals surface area (Å²) < 4.78 is 0. The lowest BCUT2D eigenvalue weighted by atomic mass is 9.87. The Bertz CT molecular complexity index is 188. The van der Waals surface area contributed by atoms with Crippen molar-refractivity contribution >= 4 is 18.5 Å². The summed E-state index contributed by atoms with van der Waals surface area (Å²) in [6.45, 7) is 4.27. The van der Waals surface area contributed by atoms with Gasteiger partial charge in [-0.3, -0.25) is 4.79 Å². The Morgan fingerprint density at radius 2 is 2.00 bits per heavy atom. The van der Waals surface area contributed by atoms with Gasteiger partial charge in [0.25, 0.3) is 0 Å². The quantitative estimate of drug-likeness (QED) is 0.695. The second kappa shape index (κ2) is 5.64. The molecular formula is C11H21NOS. The summed E-state index contributed by atoms with van der Waals surface area (Å²) in [5.41, 5.74) is 0. The molecular weight excluding hydrogens is 194 g/mol. The summed E-state index contributed by atoms with van der Waals surface area (Å²) >= 11 is 4.23. The normalized spacial score (nSPS) is 29.6. The third-order valence-corrected chi connectivity index (χ3v) is 3.65. The molecule has 1 atom stereocenters. The highest BCUT2D eigenvalue weighted by molar-refractivity contribution is 7.81. The molecule has 1 amide bonds. The molecule has 1 saturated carbocycles. The Kier molecular flexibility index (Phi) is 4.79. The summed E-state index contributed by atoms with van der Waals surface area (Å²) in [5.74, 6) is 0.941. The van der Waals surface area contributed by atoms with Crippen molar-refractivity contribution in [1.82, 2.24) is 5.32 Å². The van der Waals surface area contributed by atoms with Crippen LogP contribution < -0.4 is 5.32 Å². The first-order valence-electron chi connectivity index (χ1n) is 5.62. The molecule has 0 saturated heterocycles. The minimum atomic E-state index is -0.130. The van der Waals surface area contributed by atoms with Gasteiger partial charge in [-0.15, -0.1) is 0 Å². The van der Waals surface area contributed by atoms with Crippen molar-refractivity contribution in [3.05, 3.63) is 0 Å². The summed E-state index contributed by atoms with van der Waals surface area (Å²) in [5, 5.41) is 2.94. The van der Waals surface area contributed by atoms with E-state index in [1.54, 1.807) is 0 Å². The fourth-order valence-corrected chi connectivity index (χ4v) is 1.96. The van der Waals surface area contributed by atoms with Crippen LogP contribution >= 0.6 is 12.6 Å². The molecule has 0 radical (unpaired) electrons. The summed E-state index contributed by atoms with van der Waals surface area (Å²) in [7, 11) is 0. The molecule has 0 aromatic carbocycles. The lowest BCUT2D eigenvalue weighted by Crippen LogP contribution is -2.41. The van der Waals surface area contributed by atoms with Crippen molar-refractivity contribution in [2.45, 2.75) is 57.2 Å². The van der Waals surface area contributed by atoms with E-state index in [-0.39, 0.29) is 11.2 Å². The molecule has 0 aromatic heterocycles. The van der Waals surface area contributed by atoms with E-state index in [0.29, 0.717) is 6.04 Å². The van der Waals surface area contributed by atoms with Gasteiger partial charge in [0.2, 0.25) is 5.91 Å². The number of rotatable bonds is 3. The SMILES string of the molecule is CCC(S)C(=O)NC1CCC(C)CC1. The fraction of sp³-hybridized carbons (Fsp3) is 0.909. The zero-order valence-electron chi connectivity index (χ0n) is 9.12. The predicted octanol–water partition coefficient (Wildman–Crippen LogP) is 2.39. The van der Waals surface area contributed by atoms with Crippen LogP contribution in [0.2, 0.25) is 0 Å². The average Bonchev–Trinajstić information content (AvgIpc) is 2.20. The van der Waals surface area contributed by atoms with Gasteiger partial charge >= 0.3 is 0 Å². The van der Waals surface area contributed by atoms with E-state index in [0.717, 1.165) is 25.2 Å². The van der Waals surface area contributed by atoms with Gasteiger partial charge in [-0.2, -0.15) is 12.6 Å². The van der Waals surface area contributed by atoms with Crippen LogP contribution in [0.15, 0.2) is 0 Å². The number of nitrogens with one attached hydrogen (secondary N) is 1. The standard InChI is InChI=1S/C11H21NOS/c1-3-10(14)11(13)12-9-6-4-8(2)5-7-9/h8-10,14H,3-7H2,1-2H3,(H,12,13). The number of carbonyl (C=O) groups excluding carboxylic acids is 1. The number of carbonyl (C=O) groups is 1. The molecule has 14 heavy (non-hydrogen) atoms. The smallest absolute Gasteiger partial charge is 0.233 e. The maximum atomic E-state index is 11.5. The van der Waals surface area contributed by atoms with E-state index in [1.165, 1.54) is 12.8 Å². The highest BCUT2D eigenvalue weighted by Gasteiger charge is 2.21. The topological polar surface area (TPSA) is 29.1 Å². The third-order valence-electron chi connectivity index (χ3n) is 3.05. The van der Waals surface area contributed by atoms with Gasteiger partial charge in [-0.25, -0.2) is 0 Å². The molecule has 1 unspecified atom stereocenters. The molecule has 1 N–H and O–H groups in total. The van der Waals surface area contributed by atoms with Crippen LogP contribution in [0, 0.1) is 5.92 Å². The minimum absolute atomic E-state index is 0.107. The van der Waals surface area contributed by atoms with Gasteiger partial charge < -0.3 is 5.32 Å². The predicted molar refractivity (Wildman–Crippen MR) is 62.6 cm³/mol. The van der Waals surface area contributed by atoms with Gasteiger partial charge in [0, 0.05) is 6.04 Å². The van der Waals surface area contributed by atoms with E-state index in [9.17, 15) is 4.79 Å². The van der Waals surface area contributed by atoms with Crippen LogP contribution in [0.25, 0.3) is 0 Å². The van der Waals surface area contributed by atoms with Crippen molar-refractivity contribution in [3.63, 3.8) is 0 Å². The highest BCUT2D eigenvalue weighted by Crippen LogP contribution is 2.23. The van der Waals surface area contributed by atoms with Gasteiger partial charge in [0.15, 0.2) is 0 Å². The number of thiol groups is 1. The zero-order chi connectivity index (χ0) is 10.6. The Labute approximate surface area is 92.2 Å². The van der Waals surface area contributed by atoms with Crippen LogP contribution in [-0.2, 0) is 4.79 Å². The monoisotopic (exact) mass is 215 g/mol. The lowest BCUT2D eigenvalue weighted by molar-refractivity contribution is -0.121. The van der Waals surface area contributed by atoms with Crippen molar-refractivity contribution < 1.29 is 4.79 Å². The van der Waals surface area contributed by atoms with E-state index < -0.39 is 0 Å². The van der Waals surface area contributed by atoms with Gasteiger partial charge in [-0.1, -0.05) is 13.8 Å². The molecule has 0 aliphatic heterocycles. The zero-order valence-corrected chi connectivity index (χ0v) is 10.0. The highest BCUT2D eigenvalue weighted by atomic mass is 32.1. The maximum Gasteiger partial charge on any atom is 0.233 e. The Morgan fingerprint density at radius 3 is 2.50 bits per heavy atom. The Balaban J connectivity index is 2.27. The van der Waals surface area contributed by atoms with E-state index in [4.69, 9.17) is 0 Å². The molecule has 1 fully saturated rings. The average molecular weight is 215 g/mol. The van der Waals surface area contributed by atoms with Crippen LogP contribution in [0.1, 0.15) is 46.0 Å². The van der Waals surface area contributed by atoms with Crippen molar-refractivity contribution in [2.75, 3.05) is 0 Å². The van der Waals surface area contributed by atoms with E-state index in [1.807, 2.05) is 6.92 Å². The molecule has 82 valence electrons. The summed E-state index contributed by atoms with van der Waals surface area (Å²) in [6.07, 6.45) is 5.56. The number of hydrogen-bond acceptors (Lipinski definition) is 2. The van der Waals surface area contributed by atoms with E-state index in [2.05, 4.69) is 24.9 Å². The first kappa shape index (κ1) is 11.9. The molecule has 0 heterocycles. The Morgan fingerprint density at radius 1 is 1.43 bits per heavy atom. The molecule has 2 nitrogen and oxygen atoms in total. The van der Waals surface area contributed by atoms with Crippen LogP contribution in [0.3, 0.4) is 0 Å². The number of hydrogen-bond donors (Lipinski definition) is 2. The third kappa shape index (κ3) is 3.52. The van der Waals surface area contributed by atoms with Crippen LogP contribution in [-0.4, -0.2) is 17.2 Å². The van der Waals surface area contributed by atoms with Gasteiger partial charge in [0.1, 0.15) is 0 Å². The largest absolute Gasteiger partial charge is 0.352 e. The second-order valence-corrected chi connectivity index (χ2v) is 5.01. The van der Waals surface area contributed by atoms with Gasteiger partial charge in [-0.05, 0) is 38.0 Å². The molecule has 1 rings (SSSR count). The molecule has 1 aliphatic carbocycles. The molecule has 1 aliphatic rings. The second-order valence-electron chi connectivity index (χ2n) is 4.39. The van der Waals surface area contributed by atoms with Crippen molar-refractivity contribution in [1.29, 1.82) is 0 Å². The van der Waals surface area contributed by atoms with Gasteiger partial charge in [0.05, 0.1) is 5.25 Å². The molecule has 0 spiro atoms. The molecule has 0 aromatic rings. The molecule has 3 heteroatoms. The van der Waals surface area contributed by atoms with E-state index >= 15 is 0 Å². The summed E-state index contributed by atoms with van der Waals surface area (Å²) in [6, 6.07) is 0.403. The lowest BCUT2D eigenvalue weighted by Gasteiger charge is -2.27. The van der Waals surface area contributed by atoms with Crippen molar-refractivity contribution in [2.24, 2.45) is 5.92 Å². The fourth-order valence-electron chi connectivity index (χ4n) is 1.89. The Hall–Kier alpha value is -0.180. The first-order valence-corrected chi connectivity index (χ1v) is 6.13. The van der Waals surface area contributed by atoms with Crippen molar-refractivity contribution in [3.8, 4) is 0 Å². The minimum Gasteiger partial charge on any atom is -0.352 e. The maximum absolute atomic E-state index is 11.5. The number of amides is 1.